The van der Waals surface area contributed by atoms with Gasteiger partial charge in [-0.05, 0) is 77.5 Å². The zero-order valence-corrected chi connectivity index (χ0v) is 26.1. The van der Waals surface area contributed by atoms with Gasteiger partial charge >= 0.3 is 6.18 Å². The third kappa shape index (κ3) is 7.21. The summed E-state index contributed by atoms with van der Waals surface area (Å²) in [6.45, 7) is 1.45. The molecule has 0 aliphatic heterocycles. The molecule has 0 saturated carbocycles. The van der Waals surface area contributed by atoms with Gasteiger partial charge in [-0.1, -0.05) is 35.9 Å². The first-order valence-electron chi connectivity index (χ1n) is 13.5. The lowest BCUT2D eigenvalue weighted by Gasteiger charge is -2.16. The molecular formula is C32H22BrClF4N4O4. The third-order valence-corrected chi connectivity index (χ3v) is 7.89. The average Bonchev–Trinajstić information content (AvgIpc) is 3.03. The number of para-hydroxylation sites is 1. The van der Waals surface area contributed by atoms with Crippen LogP contribution in [0.4, 0.5) is 23.2 Å². The molecular weight excluding hydrogens is 696 g/mol. The van der Waals surface area contributed by atoms with Crippen molar-refractivity contribution in [3.05, 3.63) is 116 Å². The zero-order chi connectivity index (χ0) is 33.0. The number of rotatable bonds is 9. The molecule has 0 saturated heterocycles. The molecule has 14 heteroatoms. The first-order chi connectivity index (χ1) is 22.0. The Morgan fingerprint density at radius 1 is 1.07 bits per heavy atom. The number of hydrogen-bond acceptors (Lipinski definition) is 6. The largest absolute Gasteiger partial charge is 0.490 e. The maximum atomic E-state index is 13.5. The highest BCUT2D eigenvalue weighted by atomic mass is 79.9. The monoisotopic (exact) mass is 716 g/mol. The smallest absolute Gasteiger partial charge is 0.416 e. The Morgan fingerprint density at radius 2 is 1.80 bits per heavy atom. The second-order valence-electron chi connectivity index (χ2n) is 9.59. The van der Waals surface area contributed by atoms with Gasteiger partial charge in [0.1, 0.15) is 10.8 Å². The van der Waals surface area contributed by atoms with Crippen LogP contribution in [0, 0.1) is 5.82 Å². The van der Waals surface area contributed by atoms with Gasteiger partial charge in [-0.2, -0.15) is 22.9 Å². The lowest BCUT2D eigenvalue weighted by atomic mass is 10.1. The summed E-state index contributed by atoms with van der Waals surface area (Å²) >= 11 is 9.99. The summed E-state index contributed by atoms with van der Waals surface area (Å²) in [7, 11) is 0. The lowest BCUT2D eigenvalue weighted by molar-refractivity contribution is -0.137. The van der Waals surface area contributed by atoms with E-state index in [1.807, 2.05) is 0 Å². The molecule has 8 nitrogen and oxygen atoms in total. The average molecular weight is 718 g/mol. The fourth-order valence-electron chi connectivity index (χ4n) is 4.34. The predicted octanol–water partition coefficient (Wildman–Crippen LogP) is 7.94. The standard InChI is InChI=1S/C32H22BrClF4N4O4/c1-2-45-25-15-19(27(33)28(34)29(25)46-17-26(43)40-22-12-10-21(35)11-13-22)16-39-42-30(18-6-5-7-20(14-18)32(36,37)38)41-24-9-4-3-8-23(24)31(42)44/h3-16H,2,17H2,1H3,(H,40,43). The summed E-state index contributed by atoms with van der Waals surface area (Å²) in [5.41, 5.74) is -0.563. The normalized spacial score (nSPS) is 11.6. The Labute approximate surface area is 272 Å². The number of hydrogen-bond donors (Lipinski definition) is 1. The van der Waals surface area contributed by atoms with Crippen molar-refractivity contribution in [2.75, 3.05) is 18.5 Å². The highest BCUT2D eigenvalue weighted by molar-refractivity contribution is 9.10. The van der Waals surface area contributed by atoms with Gasteiger partial charge in [0.2, 0.25) is 0 Å². The van der Waals surface area contributed by atoms with E-state index in [1.165, 1.54) is 54.7 Å². The van der Waals surface area contributed by atoms with Crippen molar-refractivity contribution < 1.29 is 31.8 Å². The molecule has 4 aromatic carbocycles. The number of nitrogens with zero attached hydrogens (tertiary/aromatic N) is 3. The number of carbonyl (C=O) groups is 1. The summed E-state index contributed by atoms with van der Waals surface area (Å²) < 4.78 is 66.3. The number of carbonyl (C=O) groups excluding carboxylic acids is 1. The Morgan fingerprint density at radius 3 is 2.52 bits per heavy atom. The van der Waals surface area contributed by atoms with Crippen LogP contribution in [0.25, 0.3) is 22.3 Å². The van der Waals surface area contributed by atoms with Crippen molar-refractivity contribution in [3.8, 4) is 22.9 Å². The molecule has 5 rings (SSSR count). The molecule has 0 fully saturated rings. The van der Waals surface area contributed by atoms with Crippen LogP contribution in [-0.4, -0.2) is 35.0 Å². The second-order valence-corrected chi connectivity index (χ2v) is 10.8. The topological polar surface area (TPSA) is 94.8 Å². The Bertz CT molecular complexity index is 2020. The molecule has 1 heterocycles. The van der Waals surface area contributed by atoms with Gasteiger partial charge in [0.15, 0.2) is 23.9 Å². The Kier molecular flexibility index (Phi) is 9.73. The molecule has 1 N–H and O–H groups in total. The van der Waals surface area contributed by atoms with Crippen LogP contribution in [0.2, 0.25) is 5.02 Å². The number of amides is 1. The minimum absolute atomic E-state index is 0.0177. The minimum atomic E-state index is -4.62. The predicted molar refractivity (Wildman–Crippen MR) is 170 cm³/mol. The van der Waals surface area contributed by atoms with Crippen molar-refractivity contribution in [1.29, 1.82) is 0 Å². The van der Waals surface area contributed by atoms with E-state index < -0.39 is 35.6 Å². The van der Waals surface area contributed by atoms with Crippen LogP contribution in [-0.2, 0) is 11.0 Å². The van der Waals surface area contributed by atoms with Crippen LogP contribution in [0.1, 0.15) is 18.1 Å². The summed E-state index contributed by atoms with van der Waals surface area (Å²) in [5.74, 6) is -0.933. The number of halogens is 6. The van der Waals surface area contributed by atoms with Gasteiger partial charge in [0, 0.05) is 21.3 Å². The molecule has 0 bridgehead atoms. The van der Waals surface area contributed by atoms with Gasteiger partial charge in [-0.3, -0.25) is 9.59 Å². The highest BCUT2D eigenvalue weighted by Crippen LogP contribution is 2.42. The van der Waals surface area contributed by atoms with E-state index in [4.69, 9.17) is 21.1 Å². The summed E-state index contributed by atoms with van der Waals surface area (Å²) in [6.07, 6.45) is -3.36. The molecule has 0 atom stereocenters. The van der Waals surface area contributed by atoms with Gasteiger partial charge in [-0.25, -0.2) is 9.37 Å². The van der Waals surface area contributed by atoms with E-state index in [0.717, 1.165) is 16.8 Å². The maximum absolute atomic E-state index is 13.5. The number of benzene rings is 4. The zero-order valence-electron chi connectivity index (χ0n) is 23.7. The molecule has 46 heavy (non-hydrogen) atoms. The number of aromatic nitrogens is 2. The summed E-state index contributed by atoms with van der Waals surface area (Å²) in [5, 5.41) is 7.11. The lowest BCUT2D eigenvalue weighted by Crippen LogP contribution is -2.21. The molecule has 0 radical (unpaired) electrons. The molecule has 0 aliphatic rings. The molecule has 5 aromatic rings. The van der Waals surface area contributed by atoms with E-state index in [0.29, 0.717) is 11.3 Å². The number of fused-ring (bicyclic) bond motifs is 1. The highest BCUT2D eigenvalue weighted by Gasteiger charge is 2.31. The van der Waals surface area contributed by atoms with E-state index in [9.17, 15) is 27.2 Å². The third-order valence-electron chi connectivity index (χ3n) is 6.45. The SMILES string of the molecule is CCOc1cc(C=Nn2c(-c3cccc(C(F)(F)F)c3)nc3ccccc3c2=O)c(Br)c(Cl)c1OCC(=O)Nc1ccc(F)cc1. The van der Waals surface area contributed by atoms with Crippen molar-refractivity contribution in [3.63, 3.8) is 0 Å². The number of nitrogens with one attached hydrogen (secondary N) is 1. The molecule has 0 unspecified atom stereocenters. The van der Waals surface area contributed by atoms with Gasteiger partial charge in [0.05, 0.1) is 29.3 Å². The van der Waals surface area contributed by atoms with Crippen LogP contribution >= 0.6 is 27.5 Å². The van der Waals surface area contributed by atoms with Crippen molar-refractivity contribution in [2.24, 2.45) is 5.10 Å². The van der Waals surface area contributed by atoms with Crippen molar-refractivity contribution in [2.45, 2.75) is 13.1 Å². The number of alkyl halides is 3. The minimum Gasteiger partial charge on any atom is -0.490 e. The van der Waals surface area contributed by atoms with E-state index in [1.54, 1.807) is 25.1 Å². The van der Waals surface area contributed by atoms with Crippen LogP contribution < -0.4 is 20.3 Å². The summed E-state index contributed by atoms with van der Waals surface area (Å²) in [6, 6.07) is 17.5. The molecule has 1 aromatic heterocycles. The van der Waals surface area contributed by atoms with Crippen molar-refractivity contribution >= 4 is 56.2 Å². The van der Waals surface area contributed by atoms with Crippen LogP contribution in [0.15, 0.2) is 93.2 Å². The van der Waals surface area contributed by atoms with E-state index in [-0.39, 0.29) is 49.9 Å². The molecule has 236 valence electrons. The van der Waals surface area contributed by atoms with Crippen LogP contribution in [0.5, 0.6) is 11.5 Å². The molecule has 1 amide bonds. The molecule has 0 spiro atoms. The van der Waals surface area contributed by atoms with Crippen LogP contribution in [0.3, 0.4) is 0 Å². The van der Waals surface area contributed by atoms with Gasteiger partial charge < -0.3 is 14.8 Å². The Balaban J connectivity index is 1.52. The number of anilines is 1. The molecule has 0 aliphatic carbocycles. The summed E-state index contributed by atoms with van der Waals surface area (Å²) in [4.78, 5) is 30.5. The number of ether oxygens (including phenoxy) is 2. The second kappa shape index (κ2) is 13.7. The fourth-order valence-corrected chi connectivity index (χ4v) is 4.99. The Hall–Kier alpha value is -4.75. The van der Waals surface area contributed by atoms with E-state index in [2.05, 4.69) is 31.3 Å². The van der Waals surface area contributed by atoms with Crippen molar-refractivity contribution in [1.82, 2.24) is 9.66 Å². The first-order valence-corrected chi connectivity index (χ1v) is 14.7. The quantitative estimate of drug-likeness (QED) is 0.124. The van der Waals surface area contributed by atoms with Gasteiger partial charge in [-0.15, -0.1) is 0 Å². The van der Waals surface area contributed by atoms with E-state index >= 15 is 0 Å². The maximum Gasteiger partial charge on any atom is 0.416 e. The first kappa shape index (κ1) is 32.6. The van der Waals surface area contributed by atoms with Gasteiger partial charge in [0.25, 0.3) is 11.5 Å². The fraction of sp³-hybridized carbons (Fsp3) is 0.125.